The maximum atomic E-state index is 5.82. The van der Waals surface area contributed by atoms with E-state index in [1.54, 1.807) is 7.11 Å². The van der Waals surface area contributed by atoms with Crippen LogP contribution < -0.4 is 5.73 Å². The number of aryl methyl sites for hydroxylation is 1. The van der Waals surface area contributed by atoms with Crippen LogP contribution in [-0.4, -0.2) is 16.7 Å². The van der Waals surface area contributed by atoms with Crippen molar-refractivity contribution in [1.82, 2.24) is 9.55 Å². The molecule has 1 aromatic heterocycles. The summed E-state index contributed by atoms with van der Waals surface area (Å²) in [5.41, 5.74) is 8.16. The monoisotopic (exact) mass is 275 g/mol. The Morgan fingerprint density at radius 2 is 2.30 bits per heavy atom. The predicted molar refractivity (Wildman–Crippen MR) is 84.3 cm³/mol. The fourth-order valence-electron chi connectivity index (χ4n) is 2.03. The molecule has 0 amide bonds. The van der Waals surface area contributed by atoms with E-state index in [0.29, 0.717) is 17.6 Å². The van der Waals surface area contributed by atoms with Crippen molar-refractivity contribution < 1.29 is 4.74 Å². The molecule has 0 saturated heterocycles. The van der Waals surface area contributed by atoms with Gasteiger partial charge < -0.3 is 15.0 Å². The van der Waals surface area contributed by atoms with Crippen molar-refractivity contribution in [3.63, 3.8) is 0 Å². The third-order valence-corrected chi connectivity index (χ3v) is 3.48. The molecule has 1 heterocycles. The van der Waals surface area contributed by atoms with Crippen molar-refractivity contribution in [2.24, 2.45) is 7.05 Å². The lowest BCUT2D eigenvalue weighted by molar-refractivity contribution is 0.308. The first kappa shape index (κ1) is 16.1. The first-order chi connectivity index (χ1) is 9.49. The van der Waals surface area contributed by atoms with Gasteiger partial charge in [0.25, 0.3) is 0 Å². The topological polar surface area (TPSA) is 53.1 Å². The van der Waals surface area contributed by atoms with E-state index in [1.807, 2.05) is 23.9 Å². The van der Waals surface area contributed by atoms with Crippen LogP contribution in [0.3, 0.4) is 0 Å². The van der Waals surface area contributed by atoms with Gasteiger partial charge in [0, 0.05) is 19.2 Å². The highest BCUT2D eigenvalue weighted by Gasteiger charge is 2.16. The van der Waals surface area contributed by atoms with Crippen LogP contribution in [0, 0.1) is 0 Å². The highest BCUT2D eigenvalue weighted by Crippen LogP contribution is 2.28. The van der Waals surface area contributed by atoms with Crippen LogP contribution >= 0.6 is 0 Å². The standard InChI is InChI=1S/C16H25N3O/c1-6-12(2)14(10-8-7-9-13(3)20-5)15-11-19(4)16(17)18-15/h6-7,9,11,14H,3,8,10H2,1-2,4-5H3,(H2,17,18)/b9-7+,12-6+. The molecule has 0 aliphatic heterocycles. The van der Waals surface area contributed by atoms with Crippen LogP contribution in [0.5, 0.6) is 0 Å². The number of ether oxygens (including phenoxy) is 1. The van der Waals surface area contributed by atoms with E-state index in [2.05, 4.69) is 37.6 Å². The Morgan fingerprint density at radius 3 is 2.80 bits per heavy atom. The zero-order valence-electron chi connectivity index (χ0n) is 12.9. The lowest BCUT2D eigenvalue weighted by Gasteiger charge is -2.14. The van der Waals surface area contributed by atoms with E-state index in [-0.39, 0.29) is 0 Å². The first-order valence-corrected chi connectivity index (χ1v) is 6.80. The second-order valence-electron chi connectivity index (χ2n) is 4.87. The van der Waals surface area contributed by atoms with Gasteiger partial charge in [0.15, 0.2) is 5.95 Å². The quantitative estimate of drug-likeness (QED) is 0.470. The number of aromatic nitrogens is 2. The Labute approximate surface area is 121 Å². The molecule has 20 heavy (non-hydrogen) atoms. The molecule has 1 atom stereocenters. The molecule has 0 saturated carbocycles. The minimum atomic E-state index is 0.295. The van der Waals surface area contributed by atoms with Crippen LogP contribution in [0.15, 0.2) is 42.3 Å². The van der Waals surface area contributed by atoms with E-state index >= 15 is 0 Å². The number of allylic oxidation sites excluding steroid dienone is 4. The normalized spacial score (nSPS) is 13.7. The number of nitrogens with two attached hydrogens (primary N) is 1. The summed E-state index contributed by atoms with van der Waals surface area (Å²) in [6, 6.07) is 0. The van der Waals surface area contributed by atoms with Crippen LogP contribution in [0.4, 0.5) is 5.95 Å². The molecule has 1 unspecified atom stereocenters. The molecule has 0 aromatic carbocycles. The van der Waals surface area contributed by atoms with Crippen LogP contribution in [0.1, 0.15) is 38.3 Å². The van der Waals surface area contributed by atoms with Gasteiger partial charge in [-0.15, -0.1) is 0 Å². The SMILES string of the molecule is C=C(/C=C/CCC(/C(C)=C/C)c1cn(C)c(N)n1)OC. The van der Waals surface area contributed by atoms with Gasteiger partial charge in [0.05, 0.1) is 12.8 Å². The minimum absolute atomic E-state index is 0.295. The van der Waals surface area contributed by atoms with E-state index in [9.17, 15) is 0 Å². The molecule has 1 aromatic rings. The van der Waals surface area contributed by atoms with E-state index in [1.165, 1.54) is 5.57 Å². The van der Waals surface area contributed by atoms with Gasteiger partial charge in [-0.1, -0.05) is 24.3 Å². The smallest absolute Gasteiger partial charge is 0.200 e. The molecule has 0 aliphatic carbocycles. The Bertz CT molecular complexity index is 492. The lowest BCUT2D eigenvalue weighted by Crippen LogP contribution is -2.01. The van der Waals surface area contributed by atoms with E-state index in [0.717, 1.165) is 18.5 Å². The Morgan fingerprint density at radius 1 is 1.60 bits per heavy atom. The zero-order valence-corrected chi connectivity index (χ0v) is 12.9. The molecule has 0 bridgehead atoms. The van der Waals surface area contributed by atoms with Crippen LogP contribution in [-0.2, 0) is 11.8 Å². The average molecular weight is 275 g/mol. The summed E-state index contributed by atoms with van der Waals surface area (Å²) >= 11 is 0. The van der Waals surface area contributed by atoms with Crippen molar-refractivity contribution in [3.8, 4) is 0 Å². The zero-order chi connectivity index (χ0) is 15.1. The summed E-state index contributed by atoms with van der Waals surface area (Å²) < 4.78 is 6.86. The molecular weight excluding hydrogens is 250 g/mol. The van der Waals surface area contributed by atoms with Crippen molar-refractivity contribution in [3.05, 3.63) is 48.0 Å². The molecule has 0 fully saturated rings. The summed E-state index contributed by atoms with van der Waals surface area (Å²) in [6.45, 7) is 7.95. The number of rotatable bonds is 7. The summed E-state index contributed by atoms with van der Waals surface area (Å²) in [7, 11) is 3.53. The van der Waals surface area contributed by atoms with Crippen molar-refractivity contribution in [1.29, 1.82) is 0 Å². The molecule has 0 radical (unpaired) electrons. The van der Waals surface area contributed by atoms with Gasteiger partial charge in [0.1, 0.15) is 5.76 Å². The maximum absolute atomic E-state index is 5.82. The number of hydrogen-bond donors (Lipinski definition) is 1. The van der Waals surface area contributed by atoms with E-state index in [4.69, 9.17) is 10.5 Å². The molecule has 2 N–H and O–H groups in total. The Balaban J connectivity index is 2.76. The summed E-state index contributed by atoms with van der Waals surface area (Å²) in [5.74, 6) is 1.52. The molecule has 4 nitrogen and oxygen atoms in total. The molecule has 0 spiro atoms. The fraction of sp³-hybridized carbons (Fsp3) is 0.438. The van der Waals surface area contributed by atoms with Crippen molar-refractivity contribution in [2.45, 2.75) is 32.6 Å². The molecule has 4 heteroatoms. The molecular formula is C16H25N3O. The predicted octanol–water partition coefficient (Wildman–Crippen LogP) is 3.55. The number of anilines is 1. The van der Waals surface area contributed by atoms with E-state index < -0.39 is 0 Å². The lowest BCUT2D eigenvalue weighted by atomic mass is 9.92. The summed E-state index contributed by atoms with van der Waals surface area (Å²) in [4.78, 5) is 4.44. The number of hydrogen-bond acceptors (Lipinski definition) is 3. The average Bonchev–Trinajstić information content (AvgIpc) is 2.77. The van der Waals surface area contributed by atoms with Crippen molar-refractivity contribution >= 4 is 5.95 Å². The number of nitrogen functional groups attached to an aromatic ring is 1. The van der Waals surface area contributed by atoms with Gasteiger partial charge in [-0.05, 0) is 32.8 Å². The van der Waals surface area contributed by atoms with Crippen LogP contribution in [0.2, 0.25) is 0 Å². The van der Waals surface area contributed by atoms with Gasteiger partial charge in [-0.2, -0.15) is 0 Å². The molecule has 1 rings (SSSR count). The second kappa shape index (κ2) is 7.58. The Hall–Kier alpha value is -1.97. The molecule has 110 valence electrons. The number of imidazole rings is 1. The van der Waals surface area contributed by atoms with Gasteiger partial charge >= 0.3 is 0 Å². The number of methoxy groups -OCH3 is 1. The second-order valence-corrected chi connectivity index (χ2v) is 4.87. The largest absolute Gasteiger partial charge is 0.497 e. The fourth-order valence-corrected chi connectivity index (χ4v) is 2.03. The summed E-state index contributed by atoms with van der Waals surface area (Å²) in [5, 5.41) is 0. The van der Waals surface area contributed by atoms with Crippen molar-refractivity contribution in [2.75, 3.05) is 12.8 Å². The highest BCUT2D eigenvalue weighted by atomic mass is 16.5. The Kier molecular flexibility index (Phi) is 6.10. The third-order valence-electron chi connectivity index (χ3n) is 3.48. The van der Waals surface area contributed by atoms with Crippen LogP contribution in [0.25, 0.3) is 0 Å². The van der Waals surface area contributed by atoms with Gasteiger partial charge in [0.2, 0.25) is 0 Å². The third kappa shape index (κ3) is 4.30. The van der Waals surface area contributed by atoms with Gasteiger partial charge in [-0.25, -0.2) is 4.98 Å². The minimum Gasteiger partial charge on any atom is -0.497 e. The summed E-state index contributed by atoms with van der Waals surface area (Å²) in [6.07, 6.45) is 10.0. The first-order valence-electron chi connectivity index (χ1n) is 6.80. The number of nitrogens with zero attached hydrogens (tertiary/aromatic N) is 2. The van der Waals surface area contributed by atoms with Gasteiger partial charge in [-0.3, -0.25) is 0 Å². The maximum Gasteiger partial charge on any atom is 0.200 e. The molecule has 0 aliphatic rings. The highest BCUT2D eigenvalue weighted by molar-refractivity contribution is 5.28.